The van der Waals surface area contributed by atoms with E-state index >= 15 is 0 Å². The zero-order chi connectivity index (χ0) is 12.8. The molecule has 1 rings (SSSR count). The number of carbonyl (C=O) groups is 1. The maximum absolute atomic E-state index is 11.9. The summed E-state index contributed by atoms with van der Waals surface area (Å²) in [4.78, 5) is 11.9. The molecule has 2 nitrogen and oxygen atoms in total. The fourth-order valence-electron chi connectivity index (χ4n) is 1.39. The highest BCUT2D eigenvalue weighted by Crippen LogP contribution is 2.19. The second kappa shape index (κ2) is 6.54. The fraction of sp³-hybridized carbons (Fsp3) is 0.308. The number of carbonyl (C=O) groups excluding carboxylic acids is 1. The highest BCUT2D eigenvalue weighted by Gasteiger charge is 2.12. The normalized spacial score (nSPS) is 11.6. The number of amides is 1. The highest BCUT2D eigenvalue weighted by atomic mass is 35.5. The van der Waals surface area contributed by atoms with Gasteiger partial charge < -0.3 is 5.32 Å². The van der Waals surface area contributed by atoms with Gasteiger partial charge in [-0.2, -0.15) is 0 Å². The van der Waals surface area contributed by atoms with Crippen molar-refractivity contribution in [2.24, 2.45) is 0 Å². The van der Waals surface area contributed by atoms with Gasteiger partial charge in [-0.25, -0.2) is 0 Å². The molecular weight excluding hydrogens is 257 g/mol. The molecule has 1 aromatic rings. The molecule has 0 aliphatic rings. The lowest BCUT2D eigenvalue weighted by molar-refractivity contribution is 0.0936. The second-order valence-corrected chi connectivity index (χ2v) is 4.52. The summed E-state index contributed by atoms with van der Waals surface area (Å²) in [5.41, 5.74) is 0.443. The third kappa shape index (κ3) is 4.30. The Bertz CT molecular complexity index is 431. The zero-order valence-corrected chi connectivity index (χ0v) is 11.0. The SMILES string of the molecule is C#CCC(CC)NC(=O)c1cc(Cl)cc(Cl)c1. The van der Waals surface area contributed by atoms with Crippen molar-refractivity contribution < 1.29 is 4.79 Å². The Morgan fingerprint density at radius 1 is 1.41 bits per heavy atom. The summed E-state index contributed by atoms with van der Waals surface area (Å²) in [5.74, 6) is 2.32. The number of hydrogen-bond donors (Lipinski definition) is 1. The van der Waals surface area contributed by atoms with Crippen molar-refractivity contribution in [1.82, 2.24) is 5.32 Å². The lowest BCUT2D eigenvalue weighted by Crippen LogP contribution is -2.34. The van der Waals surface area contributed by atoms with Crippen LogP contribution in [-0.2, 0) is 0 Å². The van der Waals surface area contributed by atoms with Gasteiger partial charge in [0.25, 0.3) is 5.91 Å². The van der Waals surface area contributed by atoms with Crippen molar-refractivity contribution in [3.05, 3.63) is 33.8 Å². The minimum Gasteiger partial charge on any atom is -0.348 e. The molecule has 1 atom stereocenters. The van der Waals surface area contributed by atoms with E-state index in [1.54, 1.807) is 18.2 Å². The van der Waals surface area contributed by atoms with Gasteiger partial charge in [-0.3, -0.25) is 4.79 Å². The summed E-state index contributed by atoms with van der Waals surface area (Å²) in [6.45, 7) is 1.97. The van der Waals surface area contributed by atoms with Crippen LogP contribution in [0.4, 0.5) is 0 Å². The van der Waals surface area contributed by atoms with Gasteiger partial charge in [-0.15, -0.1) is 12.3 Å². The van der Waals surface area contributed by atoms with E-state index < -0.39 is 0 Å². The number of rotatable bonds is 4. The first-order valence-electron chi connectivity index (χ1n) is 5.27. The molecule has 0 spiro atoms. The standard InChI is InChI=1S/C13H13Cl2NO/c1-3-5-12(4-2)16-13(17)9-6-10(14)8-11(15)7-9/h1,6-8,12H,4-5H2,2H3,(H,16,17). The lowest BCUT2D eigenvalue weighted by Gasteiger charge is -2.14. The lowest BCUT2D eigenvalue weighted by atomic mass is 10.1. The van der Waals surface area contributed by atoms with Crippen LogP contribution in [0.2, 0.25) is 10.0 Å². The molecule has 0 aromatic heterocycles. The van der Waals surface area contributed by atoms with Gasteiger partial charge in [0.05, 0.1) is 0 Å². The Morgan fingerprint density at radius 3 is 2.47 bits per heavy atom. The molecule has 90 valence electrons. The third-order valence-corrected chi connectivity index (χ3v) is 2.75. The molecule has 1 N–H and O–H groups in total. The van der Waals surface area contributed by atoms with Crippen molar-refractivity contribution in [2.75, 3.05) is 0 Å². The van der Waals surface area contributed by atoms with Gasteiger partial charge in [-0.1, -0.05) is 30.1 Å². The Morgan fingerprint density at radius 2 is 2.00 bits per heavy atom. The van der Waals surface area contributed by atoms with Gasteiger partial charge in [-0.05, 0) is 24.6 Å². The molecule has 0 saturated heterocycles. The van der Waals surface area contributed by atoms with Crippen LogP contribution in [0.15, 0.2) is 18.2 Å². The van der Waals surface area contributed by atoms with Crippen molar-refractivity contribution >= 4 is 29.1 Å². The summed E-state index contributed by atoms with van der Waals surface area (Å²) in [5, 5.41) is 3.71. The molecule has 1 aromatic carbocycles. The molecular formula is C13H13Cl2NO. The first-order chi connectivity index (χ1) is 8.06. The Hall–Kier alpha value is -1.17. The average Bonchev–Trinajstić information content (AvgIpc) is 2.27. The molecule has 17 heavy (non-hydrogen) atoms. The number of nitrogens with one attached hydrogen (secondary N) is 1. The molecule has 0 heterocycles. The van der Waals surface area contributed by atoms with Crippen molar-refractivity contribution in [2.45, 2.75) is 25.8 Å². The summed E-state index contributed by atoms with van der Waals surface area (Å²) in [7, 11) is 0. The predicted octanol–water partition coefficient (Wildman–Crippen LogP) is 3.53. The van der Waals surface area contributed by atoms with E-state index in [1.165, 1.54) is 0 Å². The van der Waals surface area contributed by atoms with Crippen molar-refractivity contribution in [1.29, 1.82) is 0 Å². The Kier molecular flexibility index (Phi) is 5.34. The average molecular weight is 270 g/mol. The number of hydrogen-bond acceptors (Lipinski definition) is 1. The quantitative estimate of drug-likeness (QED) is 0.833. The van der Waals surface area contributed by atoms with Crippen LogP contribution in [0.1, 0.15) is 30.1 Å². The first-order valence-corrected chi connectivity index (χ1v) is 6.02. The Balaban J connectivity index is 2.79. The van der Waals surface area contributed by atoms with Gasteiger partial charge >= 0.3 is 0 Å². The third-order valence-electron chi connectivity index (χ3n) is 2.32. The summed E-state index contributed by atoms with van der Waals surface area (Å²) in [6.07, 6.45) is 6.52. The van der Waals surface area contributed by atoms with Crippen LogP contribution >= 0.6 is 23.2 Å². The van der Waals surface area contributed by atoms with Gasteiger partial charge in [0.2, 0.25) is 0 Å². The zero-order valence-electron chi connectivity index (χ0n) is 9.47. The van der Waals surface area contributed by atoms with E-state index in [-0.39, 0.29) is 11.9 Å². The molecule has 0 fully saturated rings. The minimum absolute atomic E-state index is 0.0229. The van der Waals surface area contributed by atoms with Gasteiger partial charge in [0, 0.05) is 28.1 Å². The molecule has 1 unspecified atom stereocenters. The first kappa shape index (κ1) is 13.9. The van der Waals surface area contributed by atoms with Gasteiger partial charge in [0.15, 0.2) is 0 Å². The number of halogens is 2. The molecule has 1 amide bonds. The van der Waals surface area contributed by atoms with Crippen LogP contribution < -0.4 is 5.32 Å². The topological polar surface area (TPSA) is 29.1 Å². The number of benzene rings is 1. The van der Waals surface area contributed by atoms with Crippen LogP contribution in [-0.4, -0.2) is 11.9 Å². The molecule has 0 bridgehead atoms. The monoisotopic (exact) mass is 269 g/mol. The molecule has 4 heteroatoms. The highest BCUT2D eigenvalue weighted by molar-refractivity contribution is 6.35. The van der Waals surface area contributed by atoms with E-state index in [2.05, 4.69) is 11.2 Å². The number of terminal acetylenes is 1. The van der Waals surface area contributed by atoms with E-state index in [0.29, 0.717) is 22.0 Å². The smallest absolute Gasteiger partial charge is 0.251 e. The molecule has 0 aliphatic carbocycles. The van der Waals surface area contributed by atoms with Gasteiger partial charge in [0.1, 0.15) is 0 Å². The van der Waals surface area contributed by atoms with Crippen molar-refractivity contribution in [3.63, 3.8) is 0 Å². The van der Waals surface area contributed by atoms with Crippen LogP contribution in [0.3, 0.4) is 0 Å². The minimum atomic E-state index is -0.212. The van der Waals surface area contributed by atoms with Crippen molar-refractivity contribution in [3.8, 4) is 12.3 Å². The van der Waals surface area contributed by atoms with E-state index in [1.807, 2.05) is 6.92 Å². The van der Waals surface area contributed by atoms with Crippen LogP contribution in [0, 0.1) is 12.3 Å². The van der Waals surface area contributed by atoms with E-state index in [0.717, 1.165) is 6.42 Å². The van der Waals surface area contributed by atoms with Crippen LogP contribution in [0.5, 0.6) is 0 Å². The predicted molar refractivity (Wildman–Crippen MR) is 71.5 cm³/mol. The van der Waals surface area contributed by atoms with E-state index in [9.17, 15) is 4.79 Å². The Labute approximate surface area is 111 Å². The molecule has 0 saturated carbocycles. The van der Waals surface area contributed by atoms with Crippen LogP contribution in [0.25, 0.3) is 0 Å². The summed E-state index contributed by atoms with van der Waals surface area (Å²) in [6, 6.07) is 4.71. The fourth-order valence-corrected chi connectivity index (χ4v) is 1.92. The summed E-state index contributed by atoms with van der Waals surface area (Å²) < 4.78 is 0. The summed E-state index contributed by atoms with van der Waals surface area (Å²) >= 11 is 11.7. The largest absolute Gasteiger partial charge is 0.348 e. The second-order valence-electron chi connectivity index (χ2n) is 3.65. The molecule has 0 aliphatic heterocycles. The maximum Gasteiger partial charge on any atom is 0.251 e. The maximum atomic E-state index is 11.9. The molecule has 0 radical (unpaired) electrons. The van der Waals surface area contributed by atoms with E-state index in [4.69, 9.17) is 29.6 Å².